The molecule has 0 saturated carbocycles. The molecule has 1 fully saturated rings. The van der Waals surface area contributed by atoms with Gasteiger partial charge in [0.1, 0.15) is 11.6 Å². The van der Waals surface area contributed by atoms with E-state index in [1.54, 1.807) is 0 Å². The van der Waals surface area contributed by atoms with Crippen molar-refractivity contribution in [2.24, 2.45) is 5.92 Å². The summed E-state index contributed by atoms with van der Waals surface area (Å²) in [5.74, 6) is 0.259. The third kappa shape index (κ3) is 5.66. The number of hydrogen-bond acceptors (Lipinski definition) is 3. The van der Waals surface area contributed by atoms with Crippen molar-refractivity contribution in [3.8, 4) is 0 Å². The highest BCUT2D eigenvalue weighted by Crippen LogP contribution is 2.27. The van der Waals surface area contributed by atoms with Gasteiger partial charge in [-0.2, -0.15) is 0 Å². The van der Waals surface area contributed by atoms with Crippen LogP contribution in [0.1, 0.15) is 61.3 Å². The first-order chi connectivity index (χ1) is 8.72. The Morgan fingerprint density at radius 2 is 1.84 bits per heavy atom. The highest BCUT2D eigenvalue weighted by molar-refractivity contribution is 5.77. The molecule has 112 valence electrons. The lowest BCUT2D eigenvalue weighted by Gasteiger charge is -2.31. The summed E-state index contributed by atoms with van der Waals surface area (Å²) in [4.78, 5) is 14.2. The van der Waals surface area contributed by atoms with Gasteiger partial charge in [-0.3, -0.25) is 0 Å². The van der Waals surface area contributed by atoms with Crippen LogP contribution in [0, 0.1) is 5.92 Å². The van der Waals surface area contributed by atoms with Crippen LogP contribution in [0.25, 0.3) is 0 Å². The van der Waals surface area contributed by atoms with Gasteiger partial charge in [-0.15, -0.1) is 0 Å². The molecule has 0 aromatic carbocycles. The van der Waals surface area contributed by atoms with Gasteiger partial charge in [-0.25, -0.2) is 4.79 Å². The van der Waals surface area contributed by atoms with E-state index in [0.717, 1.165) is 25.1 Å². The minimum Gasteiger partial charge on any atom is -0.458 e. The van der Waals surface area contributed by atoms with Gasteiger partial charge in [-0.1, -0.05) is 34.3 Å². The summed E-state index contributed by atoms with van der Waals surface area (Å²) in [7, 11) is 0. The lowest BCUT2D eigenvalue weighted by atomic mass is 10.1. The van der Waals surface area contributed by atoms with E-state index in [1.165, 1.54) is 0 Å². The number of rotatable bonds is 3. The van der Waals surface area contributed by atoms with E-state index in [9.17, 15) is 4.79 Å². The Hall–Kier alpha value is -0.990. The van der Waals surface area contributed by atoms with Crippen LogP contribution < -0.4 is 0 Å². The maximum Gasteiger partial charge on any atom is 0.329 e. The fourth-order valence-electron chi connectivity index (χ4n) is 2.06. The largest absolute Gasteiger partial charge is 0.458 e. The van der Waals surface area contributed by atoms with E-state index in [0.29, 0.717) is 5.92 Å². The number of nitrogens with zero attached hydrogens (tertiary/aromatic N) is 1. The van der Waals surface area contributed by atoms with Gasteiger partial charge in [0.2, 0.25) is 0 Å². The predicted octanol–water partition coefficient (Wildman–Crippen LogP) is 3.99. The molecule has 1 saturated heterocycles. The second kappa shape index (κ2) is 7.56. The molecule has 1 rings (SSSR count). The Bertz CT molecular complexity index is 302. The van der Waals surface area contributed by atoms with Crippen molar-refractivity contribution in [2.45, 2.75) is 73.0 Å². The lowest BCUT2D eigenvalue weighted by molar-refractivity contribution is -0.159. The maximum atomic E-state index is 12.1. The summed E-state index contributed by atoms with van der Waals surface area (Å²) in [6, 6.07) is -0.135. The molecular formula is C16H31NO2. The number of esters is 1. The number of carbonyl (C=O) groups excluding carboxylic acids is 1. The zero-order valence-corrected chi connectivity index (χ0v) is 13.7. The van der Waals surface area contributed by atoms with E-state index in [4.69, 9.17) is 4.74 Å². The first-order valence-electron chi connectivity index (χ1n) is 7.40. The summed E-state index contributed by atoms with van der Waals surface area (Å²) >= 11 is 0. The first kappa shape index (κ1) is 18.0. The highest BCUT2D eigenvalue weighted by atomic mass is 16.6. The predicted molar refractivity (Wildman–Crippen MR) is 80.9 cm³/mol. The fraction of sp³-hybridized carbons (Fsp3) is 0.812. The summed E-state index contributed by atoms with van der Waals surface area (Å²) in [5, 5.41) is 0. The monoisotopic (exact) mass is 269 g/mol. The van der Waals surface area contributed by atoms with Crippen molar-refractivity contribution in [3.05, 3.63) is 12.3 Å². The van der Waals surface area contributed by atoms with Gasteiger partial charge in [0, 0.05) is 12.2 Å². The molecule has 0 radical (unpaired) electrons. The quantitative estimate of drug-likeness (QED) is 0.726. The summed E-state index contributed by atoms with van der Waals surface area (Å²) in [6.07, 6.45) is 1.91. The molecule has 0 aromatic heterocycles. The Balaban J connectivity index is 0.00000154. The molecule has 1 aliphatic heterocycles. The number of carbonyl (C=O) groups is 1. The van der Waals surface area contributed by atoms with Crippen LogP contribution >= 0.6 is 0 Å². The molecule has 1 aliphatic rings. The molecule has 0 spiro atoms. The number of ether oxygens (including phenoxy) is 1. The van der Waals surface area contributed by atoms with E-state index in [2.05, 4.69) is 25.3 Å². The average Bonchev–Trinajstić information content (AvgIpc) is 2.77. The molecule has 3 nitrogen and oxygen atoms in total. The van der Waals surface area contributed by atoms with Crippen molar-refractivity contribution in [1.29, 1.82) is 0 Å². The second-order valence-corrected chi connectivity index (χ2v) is 6.03. The van der Waals surface area contributed by atoms with E-state index < -0.39 is 5.60 Å². The van der Waals surface area contributed by atoms with Crippen LogP contribution in [-0.2, 0) is 9.53 Å². The maximum absolute atomic E-state index is 12.1. The molecule has 1 atom stereocenters. The molecule has 0 aromatic rings. The first-order valence-corrected chi connectivity index (χ1v) is 7.40. The van der Waals surface area contributed by atoms with Gasteiger partial charge in [0.25, 0.3) is 0 Å². The molecule has 0 bridgehead atoms. The van der Waals surface area contributed by atoms with Gasteiger partial charge in [0.05, 0.1) is 0 Å². The Labute approximate surface area is 119 Å². The summed E-state index contributed by atoms with van der Waals surface area (Å²) < 4.78 is 5.46. The van der Waals surface area contributed by atoms with Crippen molar-refractivity contribution >= 4 is 5.97 Å². The van der Waals surface area contributed by atoms with E-state index in [1.807, 2.05) is 34.6 Å². The van der Waals surface area contributed by atoms with Crippen LogP contribution in [0.3, 0.4) is 0 Å². The van der Waals surface area contributed by atoms with Crippen molar-refractivity contribution in [1.82, 2.24) is 4.90 Å². The Morgan fingerprint density at radius 1 is 1.32 bits per heavy atom. The van der Waals surface area contributed by atoms with Gasteiger partial charge in [-0.05, 0) is 39.5 Å². The third-order valence-corrected chi connectivity index (χ3v) is 2.97. The summed E-state index contributed by atoms with van der Waals surface area (Å²) in [5.41, 5.74) is 0.628. The molecule has 3 heteroatoms. The average molecular weight is 269 g/mol. The molecule has 0 N–H and O–H groups in total. The van der Waals surface area contributed by atoms with Crippen LogP contribution in [-0.4, -0.2) is 29.1 Å². The number of allylic oxidation sites excluding steroid dienone is 1. The number of hydrogen-bond donors (Lipinski definition) is 0. The molecule has 0 aliphatic carbocycles. The van der Waals surface area contributed by atoms with Crippen molar-refractivity contribution < 1.29 is 9.53 Å². The van der Waals surface area contributed by atoms with Gasteiger partial charge < -0.3 is 9.64 Å². The molecule has 1 unspecified atom stereocenters. The van der Waals surface area contributed by atoms with Crippen LogP contribution in [0.5, 0.6) is 0 Å². The fourth-order valence-corrected chi connectivity index (χ4v) is 2.06. The van der Waals surface area contributed by atoms with Crippen LogP contribution in [0.15, 0.2) is 12.3 Å². The molecular weight excluding hydrogens is 238 g/mol. The van der Waals surface area contributed by atoms with Gasteiger partial charge in [0.15, 0.2) is 0 Å². The molecule has 1 heterocycles. The number of likely N-dealkylation sites (tertiary alicyclic amines) is 1. The Kier molecular flexibility index (Phi) is 7.17. The molecule has 0 amide bonds. The van der Waals surface area contributed by atoms with E-state index >= 15 is 0 Å². The minimum absolute atomic E-state index is 0.114. The summed E-state index contributed by atoms with van der Waals surface area (Å²) in [6.45, 7) is 18.9. The topological polar surface area (TPSA) is 29.5 Å². The lowest BCUT2D eigenvalue weighted by Crippen LogP contribution is -2.40. The molecule has 19 heavy (non-hydrogen) atoms. The van der Waals surface area contributed by atoms with Crippen LogP contribution in [0.4, 0.5) is 0 Å². The van der Waals surface area contributed by atoms with Crippen LogP contribution in [0.2, 0.25) is 0 Å². The smallest absolute Gasteiger partial charge is 0.329 e. The minimum atomic E-state index is -0.412. The normalized spacial score (nSPS) is 18.9. The standard InChI is InChI=1S/C14H25NO2.C2H6/c1-10(2)11(3)15-9-7-8-12(15)13(16)17-14(4,5)6;1-2/h10,12H,3,7-9H2,1-2,4-6H3;1-2H3. The Morgan fingerprint density at radius 3 is 2.26 bits per heavy atom. The van der Waals surface area contributed by atoms with Gasteiger partial charge >= 0.3 is 5.97 Å². The van der Waals surface area contributed by atoms with Crippen molar-refractivity contribution in [2.75, 3.05) is 6.54 Å². The third-order valence-electron chi connectivity index (χ3n) is 2.97. The highest BCUT2D eigenvalue weighted by Gasteiger charge is 2.35. The second-order valence-electron chi connectivity index (χ2n) is 6.03. The van der Waals surface area contributed by atoms with E-state index in [-0.39, 0.29) is 12.0 Å². The zero-order chi connectivity index (χ0) is 15.2. The van der Waals surface area contributed by atoms with Crippen molar-refractivity contribution in [3.63, 3.8) is 0 Å². The SMILES string of the molecule is C=C(C(C)C)N1CCCC1C(=O)OC(C)(C)C.CC. The zero-order valence-electron chi connectivity index (χ0n) is 13.7.